The Hall–Kier alpha value is -2.16. The van der Waals surface area contributed by atoms with Gasteiger partial charge in [0.2, 0.25) is 0 Å². The molecule has 3 nitrogen and oxygen atoms in total. The summed E-state index contributed by atoms with van der Waals surface area (Å²) in [5, 5.41) is 9.25. The fourth-order valence-corrected chi connectivity index (χ4v) is 3.59. The molecule has 2 aliphatic rings. The molecule has 0 atom stereocenters. The monoisotopic (exact) mass is 365 g/mol. The standard InChI is InChI=1S/C24H31NO2/c1-22(2,3)17-12-18(23(4,5)6)14-19(13-17)24(10-11-24)20-9-7-8-16(15-25-20)21(26)27/h8-9,12-15H,7,10-11H2,1-6H3,(H,26,27). The van der Waals surface area contributed by atoms with E-state index in [1.807, 2.05) is 0 Å². The average molecular weight is 366 g/mol. The van der Waals surface area contributed by atoms with Crippen LogP contribution in [-0.2, 0) is 21.0 Å². The molecule has 0 bridgehead atoms. The molecule has 0 amide bonds. The molecule has 1 N–H and O–H groups in total. The van der Waals surface area contributed by atoms with Crippen LogP contribution in [0.2, 0.25) is 0 Å². The highest BCUT2D eigenvalue weighted by Gasteiger charge is 2.48. The minimum atomic E-state index is -0.914. The first-order chi connectivity index (χ1) is 12.4. The van der Waals surface area contributed by atoms with E-state index in [1.54, 1.807) is 6.08 Å². The number of carboxylic acid groups (broad SMARTS) is 1. The lowest BCUT2D eigenvalue weighted by Crippen LogP contribution is -2.19. The van der Waals surface area contributed by atoms with Gasteiger partial charge in [-0.25, -0.2) is 4.79 Å². The first-order valence-corrected chi connectivity index (χ1v) is 9.78. The summed E-state index contributed by atoms with van der Waals surface area (Å²) in [5.74, 6) is -0.914. The summed E-state index contributed by atoms with van der Waals surface area (Å²) >= 11 is 0. The van der Waals surface area contributed by atoms with E-state index in [9.17, 15) is 9.90 Å². The van der Waals surface area contributed by atoms with Crippen LogP contribution in [0.4, 0.5) is 0 Å². The van der Waals surface area contributed by atoms with Crippen molar-refractivity contribution in [3.8, 4) is 0 Å². The molecule has 0 spiro atoms. The van der Waals surface area contributed by atoms with Crippen molar-refractivity contribution >= 4 is 12.2 Å². The molecule has 1 saturated carbocycles. The van der Waals surface area contributed by atoms with Gasteiger partial charge in [-0.2, -0.15) is 0 Å². The van der Waals surface area contributed by atoms with Crippen LogP contribution in [-0.4, -0.2) is 17.3 Å². The van der Waals surface area contributed by atoms with Crippen LogP contribution >= 0.6 is 0 Å². The van der Waals surface area contributed by atoms with Crippen molar-refractivity contribution in [3.63, 3.8) is 0 Å². The van der Waals surface area contributed by atoms with E-state index in [-0.39, 0.29) is 21.8 Å². The van der Waals surface area contributed by atoms with E-state index in [0.717, 1.165) is 18.5 Å². The van der Waals surface area contributed by atoms with Gasteiger partial charge >= 0.3 is 5.97 Å². The number of aliphatic imine (C=N–C) groups is 1. The zero-order valence-electron chi connectivity index (χ0n) is 17.4. The smallest absolute Gasteiger partial charge is 0.336 e. The van der Waals surface area contributed by atoms with E-state index in [4.69, 9.17) is 0 Å². The minimum absolute atomic E-state index is 0.0699. The Labute approximate surface area is 162 Å². The second kappa shape index (κ2) is 6.47. The van der Waals surface area contributed by atoms with Crippen LogP contribution in [0.15, 0.2) is 46.6 Å². The summed E-state index contributed by atoms with van der Waals surface area (Å²) in [6, 6.07) is 7.03. The Morgan fingerprint density at radius 3 is 1.96 bits per heavy atom. The predicted molar refractivity (Wildman–Crippen MR) is 112 cm³/mol. The van der Waals surface area contributed by atoms with E-state index < -0.39 is 5.97 Å². The summed E-state index contributed by atoms with van der Waals surface area (Å²) in [6.07, 6.45) is 8.09. The van der Waals surface area contributed by atoms with Gasteiger partial charge in [-0.1, -0.05) is 71.9 Å². The van der Waals surface area contributed by atoms with E-state index in [0.29, 0.717) is 6.42 Å². The molecule has 1 aromatic rings. The Morgan fingerprint density at radius 1 is 0.963 bits per heavy atom. The van der Waals surface area contributed by atoms with Gasteiger partial charge in [-0.05, 0) is 46.8 Å². The lowest BCUT2D eigenvalue weighted by Gasteiger charge is -2.28. The van der Waals surface area contributed by atoms with Crippen LogP contribution in [0.1, 0.15) is 77.5 Å². The highest BCUT2D eigenvalue weighted by atomic mass is 16.4. The molecular formula is C24H31NO2. The van der Waals surface area contributed by atoms with Crippen molar-refractivity contribution in [1.29, 1.82) is 0 Å². The summed E-state index contributed by atoms with van der Waals surface area (Å²) in [5.41, 5.74) is 5.38. The highest BCUT2D eigenvalue weighted by Crippen LogP contribution is 2.55. The van der Waals surface area contributed by atoms with Crippen LogP contribution < -0.4 is 0 Å². The zero-order chi connectivity index (χ0) is 20.0. The Kier molecular flexibility index (Phi) is 4.70. The second-order valence-electron chi connectivity index (χ2n) is 9.93. The number of aliphatic carboxylic acids is 1. The number of hydrogen-bond donors (Lipinski definition) is 1. The first kappa shape index (κ1) is 19.6. The van der Waals surface area contributed by atoms with Crippen LogP contribution in [0.3, 0.4) is 0 Å². The first-order valence-electron chi connectivity index (χ1n) is 9.78. The summed E-state index contributed by atoms with van der Waals surface area (Å²) in [7, 11) is 0. The molecule has 0 radical (unpaired) electrons. The van der Waals surface area contributed by atoms with Crippen LogP contribution in [0.5, 0.6) is 0 Å². The van der Waals surface area contributed by atoms with Crippen LogP contribution in [0, 0.1) is 0 Å². The summed E-state index contributed by atoms with van der Waals surface area (Å²) in [4.78, 5) is 15.9. The maximum absolute atomic E-state index is 11.3. The lowest BCUT2D eigenvalue weighted by molar-refractivity contribution is -0.132. The van der Waals surface area contributed by atoms with Gasteiger partial charge in [-0.15, -0.1) is 0 Å². The van der Waals surface area contributed by atoms with Crippen molar-refractivity contribution in [1.82, 2.24) is 0 Å². The van der Waals surface area contributed by atoms with Crippen molar-refractivity contribution in [2.75, 3.05) is 0 Å². The zero-order valence-corrected chi connectivity index (χ0v) is 17.4. The van der Waals surface area contributed by atoms with Gasteiger partial charge in [0.25, 0.3) is 0 Å². The molecule has 27 heavy (non-hydrogen) atoms. The number of allylic oxidation sites excluding steroid dienone is 3. The fourth-order valence-electron chi connectivity index (χ4n) is 3.59. The number of carbonyl (C=O) groups is 1. The van der Waals surface area contributed by atoms with Gasteiger partial charge in [-0.3, -0.25) is 4.99 Å². The Balaban J connectivity index is 2.07. The van der Waals surface area contributed by atoms with Crippen molar-refractivity contribution in [3.05, 3.63) is 58.3 Å². The number of rotatable bonds is 3. The van der Waals surface area contributed by atoms with Crippen molar-refractivity contribution in [2.45, 2.75) is 77.0 Å². The van der Waals surface area contributed by atoms with Gasteiger partial charge in [0, 0.05) is 17.3 Å². The number of benzene rings is 1. The molecular weight excluding hydrogens is 334 g/mol. The molecule has 0 saturated heterocycles. The Morgan fingerprint density at radius 2 is 1.52 bits per heavy atom. The molecule has 0 unspecified atom stereocenters. The maximum Gasteiger partial charge on any atom is 0.336 e. The molecule has 1 heterocycles. The minimum Gasteiger partial charge on any atom is -0.478 e. The SMILES string of the molecule is CC(C)(C)c1cc(C(C)(C)C)cc(C2(C3=CCC=C(C(=O)O)C=N3)CC2)c1. The molecule has 1 aromatic carbocycles. The third-order valence-electron chi connectivity index (χ3n) is 5.70. The number of carboxylic acids is 1. The largest absolute Gasteiger partial charge is 0.478 e. The molecule has 3 heteroatoms. The molecule has 0 aromatic heterocycles. The average Bonchev–Trinajstić information content (AvgIpc) is 3.36. The highest BCUT2D eigenvalue weighted by molar-refractivity contribution is 6.08. The summed E-state index contributed by atoms with van der Waals surface area (Å²) in [6.45, 7) is 13.5. The van der Waals surface area contributed by atoms with Crippen molar-refractivity contribution in [2.24, 2.45) is 4.99 Å². The van der Waals surface area contributed by atoms with Crippen LogP contribution in [0.25, 0.3) is 0 Å². The predicted octanol–water partition coefficient (Wildman–Crippen LogP) is 5.68. The molecule has 3 rings (SSSR count). The lowest BCUT2D eigenvalue weighted by atomic mass is 9.77. The van der Waals surface area contributed by atoms with E-state index in [2.05, 4.69) is 70.8 Å². The fraction of sp³-hybridized carbons (Fsp3) is 0.500. The van der Waals surface area contributed by atoms with Gasteiger partial charge < -0.3 is 5.11 Å². The number of hydrogen-bond acceptors (Lipinski definition) is 2. The van der Waals surface area contributed by atoms with E-state index in [1.165, 1.54) is 22.9 Å². The summed E-state index contributed by atoms with van der Waals surface area (Å²) < 4.78 is 0. The molecule has 1 fully saturated rings. The third kappa shape index (κ3) is 3.92. The maximum atomic E-state index is 11.3. The Bertz CT molecular complexity index is 821. The third-order valence-corrected chi connectivity index (χ3v) is 5.70. The normalized spacial score (nSPS) is 19.2. The van der Waals surface area contributed by atoms with Crippen molar-refractivity contribution < 1.29 is 9.90 Å². The van der Waals surface area contributed by atoms with Gasteiger partial charge in [0.05, 0.1) is 5.57 Å². The molecule has 1 aliphatic carbocycles. The topological polar surface area (TPSA) is 49.7 Å². The van der Waals surface area contributed by atoms with Gasteiger partial charge in [0.15, 0.2) is 0 Å². The molecule has 144 valence electrons. The molecule has 1 aliphatic heterocycles. The quantitative estimate of drug-likeness (QED) is 0.749. The van der Waals surface area contributed by atoms with Gasteiger partial charge in [0.1, 0.15) is 0 Å². The second-order valence-corrected chi connectivity index (χ2v) is 9.93. The van der Waals surface area contributed by atoms with E-state index >= 15 is 0 Å². The number of nitrogens with zero attached hydrogens (tertiary/aromatic N) is 1.